The third kappa shape index (κ3) is 3.75. The Kier molecular flexibility index (Phi) is 4.82. The van der Waals surface area contributed by atoms with Crippen LogP contribution in [0.15, 0.2) is 41.3 Å². The van der Waals surface area contributed by atoms with Gasteiger partial charge in [-0.15, -0.1) is 0 Å². The number of halogens is 1. The van der Waals surface area contributed by atoms with Gasteiger partial charge in [-0.3, -0.25) is 4.72 Å². The lowest BCUT2D eigenvalue weighted by Crippen LogP contribution is -2.13. The van der Waals surface area contributed by atoms with Crippen molar-refractivity contribution < 1.29 is 23.1 Å². The molecule has 2 N–H and O–H groups in total. The Balaban J connectivity index is 2.32. The van der Waals surface area contributed by atoms with Crippen LogP contribution < -0.4 is 4.72 Å². The largest absolute Gasteiger partial charge is 0.507 e. The zero-order valence-electron chi connectivity index (χ0n) is 12.3. The van der Waals surface area contributed by atoms with E-state index in [0.29, 0.717) is 5.02 Å². The molecule has 0 unspecified atom stereocenters. The second-order valence-electron chi connectivity index (χ2n) is 4.74. The number of benzene rings is 2. The summed E-state index contributed by atoms with van der Waals surface area (Å²) in [7, 11) is -2.69. The highest BCUT2D eigenvalue weighted by molar-refractivity contribution is 7.92. The number of carbonyl (C=O) groups is 1. The van der Waals surface area contributed by atoms with Gasteiger partial charge >= 0.3 is 5.97 Å². The van der Waals surface area contributed by atoms with Crippen LogP contribution in [0.5, 0.6) is 5.75 Å². The molecular weight excluding hydrogens is 342 g/mol. The number of nitrogens with one attached hydrogen (secondary N) is 1. The Hall–Kier alpha value is -2.25. The van der Waals surface area contributed by atoms with Crippen LogP contribution in [0.1, 0.15) is 15.9 Å². The molecule has 0 aliphatic heterocycles. The Bertz CT molecular complexity index is 864. The Morgan fingerprint density at radius 1 is 1.22 bits per heavy atom. The maximum Gasteiger partial charge on any atom is 0.341 e. The third-order valence-corrected chi connectivity index (χ3v) is 4.90. The van der Waals surface area contributed by atoms with Crippen LogP contribution in [-0.4, -0.2) is 26.6 Å². The van der Waals surface area contributed by atoms with E-state index in [0.717, 1.165) is 11.6 Å². The number of hydrogen-bond donors (Lipinski definition) is 2. The summed E-state index contributed by atoms with van der Waals surface area (Å²) in [6.07, 6.45) is 0. The van der Waals surface area contributed by atoms with Crippen molar-refractivity contribution in [2.45, 2.75) is 11.8 Å². The number of esters is 1. The molecule has 0 amide bonds. The Morgan fingerprint density at radius 2 is 1.91 bits per heavy atom. The number of aromatic hydroxyl groups is 1. The van der Waals surface area contributed by atoms with Crippen molar-refractivity contribution in [3.63, 3.8) is 0 Å². The molecule has 0 heterocycles. The number of anilines is 1. The van der Waals surface area contributed by atoms with Gasteiger partial charge in [-0.1, -0.05) is 17.7 Å². The highest BCUT2D eigenvalue weighted by atomic mass is 35.5. The molecule has 122 valence electrons. The Morgan fingerprint density at radius 3 is 2.48 bits per heavy atom. The lowest BCUT2D eigenvalue weighted by atomic mass is 10.2. The molecule has 0 aromatic heterocycles. The fourth-order valence-electron chi connectivity index (χ4n) is 1.83. The lowest BCUT2D eigenvalue weighted by molar-refractivity contribution is 0.0597. The number of ether oxygens (including phenoxy) is 1. The normalized spacial score (nSPS) is 11.1. The molecule has 0 radical (unpaired) electrons. The van der Waals surface area contributed by atoms with Crippen LogP contribution in [0.3, 0.4) is 0 Å². The first kappa shape index (κ1) is 17.1. The predicted octanol–water partition coefficient (Wildman–Crippen LogP) is 2.94. The van der Waals surface area contributed by atoms with Gasteiger partial charge in [0.25, 0.3) is 10.0 Å². The predicted molar refractivity (Wildman–Crippen MR) is 86.4 cm³/mol. The minimum atomic E-state index is -3.87. The summed E-state index contributed by atoms with van der Waals surface area (Å²) in [5.74, 6) is -1.11. The van der Waals surface area contributed by atoms with Gasteiger partial charge in [0, 0.05) is 11.1 Å². The first-order valence-electron chi connectivity index (χ1n) is 6.45. The van der Waals surface area contributed by atoms with Crippen LogP contribution in [0.2, 0.25) is 5.02 Å². The van der Waals surface area contributed by atoms with Crippen LogP contribution in [0, 0.1) is 6.92 Å². The van der Waals surface area contributed by atoms with Gasteiger partial charge in [0.1, 0.15) is 11.3 Å². The van der Waals surface area contributed by atoms with E-state index in [1.165, 1.54) is 31.4 Å². The van der Waals surface area contributed by atoms with Gasteiger partial charge in [-0.25, -0.2) is 13.2 Å². The maximum atomic E-state index is 12.3. The summed E-state index contributed by atoms with van der Waals surface area (Å²) in [5, 5.41) is 10.1. The van der Waals surface area contributed by atoms with Crippen molar-refractivity contribution in [2.75, 3.05) is 11.8 Å². The molecule has 0 atom stereocenters. The van der Waals surface area contributed by atoms with Gasteiger partial charge < -0.3 is 9.84 Å². The Labute approximate surface area is 138 Å². The van der Waals surface area contributed by atoms with E-state index in [-0.39, 0.29) is 21.9 Å². The number of hydrogen-bond acceptors (Lipinski definition) is 5. The van der Waals surface area contributed by atoms with Crippen molar-refractivity contribution in [1.29, 1.82) is 0 Å². The fourth-order valence-corrected chi connectivity index (χ4v) is 3.15. The first-order valence-corrected chi connectivity index (χ1v) is 8.31. The summed E-state index contributed by atoms with van der Waals surface area (Å²) in [6, 6.07) is 8.09. The number of phenols is 1. The molecule has 2 rings (SSSR count). The van der Waals surface area contributed by atoms with E-state index in [4.69, 9.17) is 11.6 Å². The van der Waals surface area contributed by atoms with Gasteiger partial charge in [-0.2, -0.15) is 0 Å². The smallest absolute Gasteiger partial charge is 0.341 e. The summed E-state index contributed by atoms with van der Waals surface area (Å²) in [5.41, 5.74) is 0.798. The molecule has 0 fully saturated rings. The van der Waals surface area contributed by atoms with E-state index in [1.54, 1.807) is 13.0 Å². The molecule has 6 nitrogen and oxygen atoms in total. The highest BCUT2D eigenvalue weighted by Crippen LogP contribution is 2.26. The second-order valence-corrected chi connectivity index (χ2v) is 6.83. The lowest BCUT2D eigenvalue weighted by Gasteiger charge is -2.10. The number of carbonyl (C=O) groups excluding carboxylic acids is 1. The van der Waals surface area contributed by atoms with E-state index >= 15 is 0 Å². The molecule has 0 aliphatic carbocycles. The van der Waals surface area contributed by atoms with Gasteiger partial charge in [0.2, 0.25) is 0 Å². The van der Waals surface area contributed by atoms with Gasteiger partial charge in [0.05, 0.1) is 17.7 Å². The van der Waals surface area contributed by atoms with Crippen molar-refractivity contribution >= 4 is 33.3 Å². The summed E-state index contributed by atoms with van der Waals surface area (Å²) >= 11 is 5.94. The van der Waals surface area contributed by atoms with Gasteiger partial charge in [0.15, 0.2) is 0 Å². The summed E-state index contributed by atoms with van der Waals surface area (Å²) in [6.45, 7) is 1.76. The minimum Gasteiger partial charge on any atom is -0.507 e. The standard InChI is InChI=1S/C15H14ClNO5S/c1-9-3-5-11(8-13(9)16)23(20,21)17-10-4-6-12(14(18)7-10)15(19)22-2/h3-8,17-18H,1-2H3. The SMILES string of the molecule is COC(=O)c1ccc(NS(=O)(=O)c2ccc(C)c(Cl)c2)cc1O. The van der Waals surface area contributed by atoms with Crippen LogP contribution >= 0.6 is 11.6 Å². The molecule has 23 heavy (non-hydrogen) atoms. The molecule has 2 aromatic rings. The monoisotopic (exact) mass is 355 g/mol. The van der Waals surface area contributed by atoms with Crippen LogP contribution in [0.4, 0.5) is 5.69 Å². The minimum absolute atomic E-state index is 0.00960. The second kappa shape index (κ2) is 6.47. The average molecular weight is 356 g/mol. The van der Waals surface area contributed by atoms with Gasteiger partial charge in [-0.05, 0) is 36.8 Å². The number of methoxy groups -OCH3 is 1. The van der Waals surface area contributed by atoms with E-state index < -0.39 is 16.0 Å². The van der Waals surface area contributed by atoms with Crippen LogP contribution in [0.25, 0.3) is 0 Å². The molecule has 2 aromatic carbocycles. The average Bonchev–Trinajstić information content (AvgIpc) is 2.49. The zero-order chi connectivity index (χ0) is 17.2. The molecule has 0 spiro atoms. The molecule has 0 saturated carbocycles. The molecular formula is C15H14ClNO5S. The van der Waals surface area contributed by atoms with E-state index in [1.807, 2.05) is 0 Å². The molecule has 0 saturated heterocycles. The highest BCUT2D eigenvalue weighted by Gasteiger charge is 2.17. The fraction of sp³-hybridized carbons (Fsp3) is 0.133. The molecule has 0 bridgehead atoms. The number of sulfonamides is 1. The maximum absolute atomic E-state index is 12.3. The van der Waals surface area contributed by atoms with Crippen molar-refractivity contribution in [3.8, 4) is 5.75 Å². The number of aryl methyl sites for hydroxylation is 1. The summed E-state index contributed by atoms with van der Waals surface area (Å²) < 4.78 is 31.4. The van der Waals surface area contributed by atoms with Crippen molar-refractivity contribution in [1.82, 2.24) is 0 Å². The number of rotatable bonds is 4. The summed E-state index contributed by atoms with van der Waals surface area (Å²) in [4.78, 5) is 11.4. The van der Waals surface area contributed by atoms with Crippen molar-refractivity contribution in [3.05, 3.63) is 52.5 Å². The first-order chi connectivity index (χ1) is 10.7. The number of phenolic OH excluding ortho intramolecular Hbond substituents is 1. The van der Waals surface area contributed by atoms with E-state index in [9.17, 15) is 18.3 Å². The van der Waals surface area contributed by atoms with E-state index in [2.05, 4.69) is 9.46 Å². The molecule has 0 aliphatic rings. The quantitative estimate of drug-likeness (QED) is 0.822. The third-order valence-electron chi connectivity index (χ3n) is 3.11. The topological polar surface area (TPSA) is 92.7 Å². The van der Waals surface area contributed by atoms with Crippen molar-refractivity contribution in [2.24, 2.45) is 0 Å². The zero-order valence-corrected chi connectivity index (χ0v) is 13.9. The van der Waals surface area contributed by atoms with Crippen LogP contribution in [-0.2, 0) is 14.8 Å². The molecule has 8 heteroatoms.